The van der Waals surface area contributed by atoms with Gasteiger partial charge in [0.1, 0.15) is 0 Å². The Labute approximate surface area is 176 Å². The zero-order chi connectivity index (χ0) is 18.1. The molecule has 26 heavy (non-hydrogen) atoms. The Kier molecular flexibility index (Phi) is 11.5. The molecule has 0 aromatic carbocycles. The molecule has 0 radical (unpaired) electrons. The van der Waals surface area contributed by atoms with E-state index in [2.05, 4.69) is 46.2 Å². The van der Waals surface area contributed by atoms with Crippen molar-refractivity contribution in [2.75, 3.05) is 45.8 Å². The molecule has 1 aliphatic carbocycles. The molecule has 0 aromatic rings. The van der Waals surface area contributed by atoms with Crippen molar-refractivity contribution in [1.82, 2.24) is 20.4 Å². The van der Waals surface area contributed by atoms with Crippen LogP contribution in [0, 0.1) is 5.92 Å². The Morgan fingerprint density at radius 1 is 1.15 bits per heavy atom. The second kappa shape index (κ2) is 12.8. The number of carbonyl (C=O) groups is 1. The number of guanidine groups is 1. The monoisotopic (exact) mass is 479 g/mol. The lowest BCUT2D eigenvalue weighted by atomic mass is 10.1. The zero-order valence-corrected chi connectivity index (χ0v) is 19.1. The number of rotatable bonds is 7. The van der Waals surface area contributed by atoms with Crippen molar-refractivity contribution < 1.29 is 4.79 Å². The summed E-state index contributed by atoms with van der Waals surface area (Å²) in [6.07, 6.45) is 5.75. The average Bonchev–Trinajstić information content (AvgIpc) is 3.16. The average molecular weight is 479 g/mol. The van der Waals surface area contributed by atoms with E-state index in [1.54, 1.807) is 0 Å². The number of amides is 1. The van der Waals surface area contributed by atoms with Crippen molar-refractivity contribution in [2.24, 2.45) is 10.9 Å². The second-order valence-electron chi connectivity index (χ2n) is 7.36. The highest BCUT2D eigenvalue weighted by Crippen LogP contribution is 2.26. The number of carbonyl (C=O) groups excluding carboxylic acids is 1. The first-order valence-electron chi connectivity index (χ1n) is 10.2. The van der Waals surface area contributed by atoms with Crippen LogP contribution in [0.5, 0.6) is 0 Å². The first-order valence-corrected chi connectivity index (χ1v) is 10.2. The summed E-state index contributed by atoms with van der Waals surface area (Å²) in [4.78, 5) is 21.7. The van der Waals surface area contributed by atoms with Gasteiger partial charge in [-0.2, -0.15) is 0 Å². The van der Waals surface area contributed by atoms with Crippen LogP contribution in [0.25, 0.3) is 0 Å². The molecule has 2 aliphatic rings. The molecule has 6 nitrogen and oxygen atoms in total. The van der Waals surface area contributed by atoms with E-state index in [9.17, 15) is 4.79 Å². The first kappa shape index (κ1) is 23.5. The summed E-state index contributed by atoms with van der Waals surface area (Å²) < 4.78 is 0. The molecule has 1 heterocycles. The van der Waals surface area contributed by atoms with Gasteiger partial charge in [-0.3, -0.25) is 14.7 Å². The van der Waals surface area contributed by atoms with Crippen molar-refractivity contribution in [1.29, 1.82) is 0 Å². The van der Waals surface area contributed by atoms with Gasteiger partial charge in [0.15, 0.2) is 5.96 Å². The highest BCUT2D eigenvalue weighted by atomic mass is 127. The minimum Gasteiger partial charge on any atom is -0.357 e. The number of hydrogen-bond acceptors (Lipinski definition) is 3. The van der Waals surface area contributed by atoms with Crippen LogP contribution in [0.3, 0.4) is 0 Å². The quantitative estimate of drug-likeness (QED) is 0.334. The predicted octanol–water partition coefficient (Wildman–Crippen LogP) is 2.29. The molecular formula is C19H38IN5O. The van der Waals surface area contributed by atoms with Gasteiger partial charge in [0.05, 0.1) is 6.54 Å². The summed E-state index contributed by atoms with van der Waals surface area (Å²) >= 11 is 0. The largest absolute Gasteiger partial charge is 0.357 e. The molecular weight excluding hydrogens is 441 g/mol. The maximum Gasteiger partial charge on any atom is 0.225 e. The minimum absolute atomic E-state index is 0. The SMILES string of the molecule is CCNC(=NCCN1CCN(C(=O)C2CCCC2)CC1)NC(C)CC.I. The van der Waals surface area contributed by atoms with Crippen LogP contribution in [0.1, 0.15) is 52.9 Å². The van der Waals surface area contributed by atoms with Gasteiger partial charge in [-0.25, -0.2) is 0 Å². The van der Waals surface area contributed by atoms with Crippen LogP contribution in [0.15, 0.2) is 4.99 Å². The number of nitrogens with zero attached hydrogens (tertiary/aromatic N) is 3. The molecule has 2 N–H and O–H groups in total. The lowest BCUT2D eigenvalue weighted by molar-refractivity contribution is -0.137. The molecule has 1 saturated carbocycles. The van der Waals surface area contributed by atoms with Crippen LogP contribution in [0.4, 0.5) is 0 Å². The van der Waals surface area contributed by atoms with Gasteiger partial charge >= 0.3 is 0 Å². The van der Waals surface area contributed by atoms with E-state index < -0.39 is 0 Å². The highest BCUT2D eigenvalue weighted by Gasteiger charge is 2.29. The molecule has 152 valence electrons. The lowest BCUT2D eigenvalue weighted by Crippen LogP contribution is -2.50. The normalized spacial score (nSPS) is 20.6. The summed E-state index contributed by atoms with van der Waals surface area (Å²) in [7, 11) is 0. The maximum atomic E-state index is 12.5. The fraction of sp³-hybridized carbons (Fsp3) is 0.895. The fourth-order valence-corrected chi connectivity index (χ4v) is 3.58. The van der Waals surface area contributed by atoms with Gasteiger partial charge in [-0.05, 0) is 33.1 Å². The standard InChI is InChI=1S/C19H37N5O.HI/c1-4-16(3)22-19(20-5-2)21-10-11-23-12-14-24(15-13-23)18(25)17-8-6-7-9-17;/h16-17H,4-15H2,1-3H3,(H2,20,21,22);1H. The van der Waals surface area contributed by atoms with E-state index >= 15 is 0 Å². The summed E-state index contributed by atoms with van der Waals surface area (Å²) in [5.74, 6) is 1.62. The molecule has 0 aromatic heterocycles. The molecule has 7 heteroatoms. The topological polar surface area (TPSA) is 60.0 Å². The Hall–Kier alpha value is -0.570. The minimum atomic E-state index is 0. The number of piperazine rings is 1. The van der Waals surface area contributed by atoms with Crippen molar-refractivity contribution in [2.45, 2.75) is 58.9 Å². The van der Waals surface area contributed by atoms with Gasteiger partial charge < -0.3 is 15.5 Å². The fourth-order valence-electron chi connectivity index (χ4n) is 3.58. The van der Waals surface area contributed by atoms with Crippen molar-refractivity contribution >= 4 is 35.8 Å². The smallest absolute Gasteiger partial charge is 0.225 e. The first-order chi connectivity index (χ1) is 12.1. The Morgan fingerprint density at radius 3 is 2.38 bits per heavy atom. The molecule has 1 unspecified atom stereocenters. The molecule has 2 rings (SSSR count). The third kappa shape index (κ3) is 7.58. The second-order valence-corrected chi connectivity index (χ2v) is 7.36. The van der Waals surface area contributed by atoms with Crippen molar-refractivity contribution in [3.05, 3.63) is 0 Å². The molecule has 2 fully saturated rings. The van der Waals surface area contributed by atoms with E-state index in [0.717, 1.165) is 71.0 Å². The number of hydrogen-bond donors (Lipinski definition) is 2. The van der Waals surface area contributed by atoms with Crippen LogP contribution in [0.2, 0.25) is 0 Å². The van der Waals surface area contributed by atoms with Gasteiger partial charge in [0.2, 0.25) is 5.91 Å². The lowest BCUT2D eigenvalue weighted by Gasteiger charge is -2.35. The van der Waals surface area contributed by atoms with Gasteiger partial charge in [-0.15, -0.1) is 24.0 Å². The highest BCUT2D eigenvalue weighted by molar-refractivity contribution is 14.0. The van der Waals surface area contributed by atoms with Crippen LogP contribution >= 0.6 is 24.0 Å². The molecule has 1 amide bonds. The van der Waals surface area contributed by atoms with E-state index in [0.29, 0.717) is 17.9 Å². The summed E-state index contributed by atoms with van der Waals surface area (Å²) in [5, 5.41) is 6.73. The Bertz CT molecular complexity index is 432. The van der Waals surface area contributed by atoms with E-state index in [1.165, 1.54) is 12.8 Å². The van der Waals surface area contributed by atoms with E-state index in [1.807, 2.05) is 0 Å². The van der Waals surface area contributed by atoms with Gasteiger partial charge in [0.25, 0.3) is 0 Å². The zero-order valence-electron chi connectivity index (χ0n) is 16.8. The van der Waals surface area contributed by atoms with E-state index in [-0.39, 0.29) is 24.0 Å². The molecule has 1 saturated heterocycles. The summed E-state index contributed by atoms with van der Waals surface area (Å²) in [6.45, 7) is 12.8. The maximum absolute atomic E-state index is 12.5. The van der Waals surface area contributed by atoms with Crippen LogP contribution in [-0.2, 0) is 4.79 Å². The van der Waals surface area contributed by atoms with Gasteiger partial charge in [-0.1, -0.05) is 19.8 Å². The molecule has 0 bridgehead atoms. The predicted molar refractivity (Wildman–Crippen MR) is 119 cm³/mol. The molecule has 1 atom stereocenters. The summed E-state index contributed by atoms with van der Waals surface area (Å²) in [6, 6.07) is 0.433. The Balaban J connectivity index is 0.00000338. The van der Waals surface area contributed by atoms with E-state index in [4.69, 9.17) is 0 Å². The van der Waals surface area contributed by atoms with Crippen molar-refractivity contribution in [3.63, 3.8) is 0 Å². The Morgan fingerprint density at radius 2 is 1.81 bits per heavy atom. The third-order valence-electron chi connectivity index (χ3n) is 5.41. The van der Waals surface area contributed by atoms with Crippen LogP contribution in [-0.4, -0.2) is 73.5 Å². The number of aliphatic imine (C=N–C) groups is 1. The van der Waals surface area contributed by atoms with Crippen molar-refractivity contribution in [3.8, 4) is 0 Å². The van der Waals surface area contributed by atoms with Gasteiger partial charge in [0, 0.05) is 51.2 Å². The van der Waals surface area contributed by atoms with Crippen LogP contribution < -0.4 is 10.6 Å². The summed E-state index contributed by atoms with van der Waals surface area (Å²) in [5.41, 5.74) is 0. The molecule has 0 spiro atoms. The number of nitrogens with one attached hydrogen (secondary N) is 2. The molecule has 1 aliphatic heterocycles. The number of halogens is 1. The third-order valence-corrected chi connectivity index (χ3v) is 5.41.